The van der Waals surface area contributed by atoms with Crippen molar-refractivity contribution in [3.8, 4) is 28.4 Å². The van der Waals surface area contributed by atoms with Crippen molar-refractivity contribution in [2.75, 3.05) is 14.2 Å². The van der Waals surface area contributed by atoms with E-state index in [1.807, 2.05) is 28.8 Å². The third-order valence-corrected chi connectivity index (χ3v) is 6.88. The first-order valence-corrected chi connectivity index (χ1v) is 14.1. The van der Waals surface area contributed by atoms with Gasteiger partial charge in [0.15, 0.2) is 5.65 Å². The Morgan fingerprint density at radius 1 is 0.912 bits per heavy atom. The summed E-state index contributed by atoms with van der Waals surface area (Å²) in [5.74, 6) is 1.21. The summed E-state index contributed by atoms with van der Waals surface area (Å²) in [5.41, 5.74) is 2.28. The Kier molecular flexibility index (Phi) is 6.21. The predicted molar refractivity (Wildman–Crippen MR) is 128 cm³/mol. The van der Waals surface area contributed by atoms with E-state index in [9.17, 15) is 13.2 Å². The number of methoxy groups -OCH3 is 2. The third-order valence-electron chi connectivity index (χ3n) is 5.31. The quantitative estimate of drug-likeness (QED) is 0.345. The van der Waals surface area contributed by atoms with Gasteiger partial charge in [0.25, 0.3) is 0 Å². The molecule has 0 aliphatic heterocycles. The van der Waals surface area contributed by atoms with E-state index in [-0.39, 0.29) is 6.73 Å². The van der Waals surface area contributed by atoms with Crippen molar-refractivity contribution in [3.05, 3.63) is 54.1 Å². The summed E-state index contributed by atoms with van der Waals surface area (Å²) in [6.07, 6.45) is -4.47. The van der Waals surface area contributed by atoms with E-state index < -0.39 is 19.8 Å². The standard InChI is InChI=1S/C24H25F3N4O2Si/c1-32-14-31-21(16-9-7-11-18(13-16)33-2)28-20-19(29-23(30-22(20)31)34(3,4)5)15-8-6-10-17(12-15)24(25,26)27/h6-13H,14H2,1-5H3. The number of alkyl halides is 3. The first-order valence-electron chi connectivity index (χ1n) is 10.6. The molecule has 0 aliphatic rings. The van der Waals surface area contributed by atoms with Crippen LogP contribution in [-0.2, 0) is 17.6 Å². The highest BCUT2D eigenvalue weighted by Crippen LogP contribution is 2.35. The van der Waals surface area contributed by atoms with Gasteiger partial charge in [-0.25, -0.2) is 15.0 Å². The molecule has 2 heterocycles. The Morgan fingerprint density at radius 2 is 1.62 bits per heavy atom. The second kappa shape index (κ2) is 8.84. The number of hydrogen-bond donors (Lipinski definition) is 0. The number of imidazole rings is 1. The van der Waals surface area contributed by atoms with Gasteiger partial charge in [-0.15, -0.1) is 0 Å². The Hall–Kier alpha value is -3.24. The van der Waals surface area contributed by atoms with E-state index in [0.29, 0.717) is 39.4 Å². The molecule has 0 bridgehead atoms. The molecule has 178 valence electrons. The monoisotopic (exact) mass is 486 g/mol. The smallest absolute Gasteiger partial charge is 0.416 e. The maximum Gasteiger partial charge on any atom is 0.416 e. The zero-order valence-electron chi connectivity index (χ0n) is 19.6. The molecule has 0 aliphatic carbocycles. The number of nitrogens with zero attached hydrogens (tertiary/aromatic N) is 4. The van der Waals surface area contributed by atoms with Crippen molar-refractivity contribution in [3.63, 3.8) is 0 Å². The minimum Gasteiger partial charge on any atom is -0.497 e. The van der Waals surface area contributed by atoms with Crippen LogP contribution in [0.3, 0.4) is 0 Å². The van der Waals surface area contributed by atoms with Gasteiger partial charge in [0.05, 0.1) is 12.7 Å². The van der Waals surface area contributed by atoms with E-state index in [1.54, 1.807) is 20.3 Å². The Morgan fingerprint density at radius 3 is 2.26 bits per heavy atom. The molecule has 0 amide bonds. The molecule has 6 nitrogen and oxygen atoms in total. The summed E-state index contributed by atoms with van der Waals surface area (Å²) in [6, 6.07) is 12.5. The first kappa shape index (κ1) is 23.9. The van der Waals surface area contributed by atoms with Crippen LogP contribution in [-0.4, -0.2) is 41.8 Å². The second-order valence-corrected chi connectivity index (χ2v) is 13.9. The highest BCUT2D eigenvalue weighted by Gasteiger charge is 2.32. The lowest BCUT2D eigenvalue weighted by Crippen LogP contribution is -2.42. The average Bonchev–Trinajstić information content (AvgIpc) is 3.16. The minimum absolute atomic E-state index is 0.160. The molecule has 0 fully saturated rings. The van der Waals surface area contributed by atoms with Crippen LogP contribution in [0.2, 0.25) is 19.6 Å². The fraction of sp³-hybridized carbons (Fsp3) is 0.292. The summed E-state index contributed by atoms with van der Waals surface area (Å²) in [4.78, 5) is 14.4. The molecule has 2 aromatic carbocycles. The van der Waals surface area contributed by atoms with Crippen molar-refractivity contribution in [2.45, 2.75) is 32.5 Å². The van der Waals surface area contributed by atoms with Crippen LogP contribution in [0.15, 0.2) is 48.5 Å². The predicted octanol–water partition coefficient (Wildman–Crippen LogP) is 5.34. The number of fused-ring (bicyclic) bond motifs is 1. The molecule has 0 saturated carbocycles. The van der Waals surface area contributed by atoms with Crippen LogP contribution in [0.5, 0.6) is 5.75 Å². The zero-order valence-corrected chi connectivity index (χ0v) is 20.6. The lowest BCUT2D eigenvalue weighted by atomic mass is 10.1. The van der Waals surface area contributed by atoms with Crippen molar-refractivity contribution in [2.24, 2.45) is 0 Å². The molecule has 2 aromatic heterocycles. The van der Waals surface area contributed by atoms with Crippen LogP contribution < -0.4 is 10.2 Å². The highest BCUT2D eigenvalue weighted by molar-refractivity contribution is 6.87. The van der Waals surface area contributed by atoms with Gasteiger partial charge in [0.1, 0.15) is 43.0 Å². The van der Waals surface area contributed by atoms with E-state index in [2.05, 4.69) is 19.6 Å². The maximum absolute atomic E-state index is 13.5. The average molecular weight is 487 g/mol. The Bertz CT molecular complexity index is 1350. The fourth-order valence-electron chi connectivity index (χ4n) is 3.61. The molecule has 0 spiro atoms. The molecule has 0 atom stereocenters. The highest BCUT2D eigenvalue weighted by atomic mass is 28.3. The van der Waals surface area contributed by atoms with Crippen molar-refractivity contribution in [1.29, 1.82) is 0 Å². The summed E-state index contributed by atoms with van der Waals surface area (Å²) >= 11 is 0. The van der Waals surface area contributed by atoms with Crippen LogP contribution in [0.25, 0.3) is 33.8 Å². The fourth-order valence-corrected chi connectivity index (χ4v) is 4.50. The molecule has 0 radical (unpaired) electrons. The SMILES string of the molecule is COCn1c(-c2cccc(OC)c2)nc2c(-c3cccc(C(F)(F)F)c3)nc([Si](C)(C)C)nc21. The summed E-state index contributed by atoms with van der Waals surface area (Å²) in [5, 5.41) is 0. The summed E-state index contributed by atoms with van der Waals surface area (Å²) in [6.45, 7) is 6.42. The van der Waals surface area contributed by atoms with Crippen LogP contribution >= 0.6 is 0 Å². The lowest BCUT2D eigenvalue weighted by molar-refractivity contribution is -0.137. The Labute approximate surface area is 196 Å². The van der Waals surface area contributed by atoms with E-state index in [0.717, 1.165) is 17.7 Å². The molecule has 0 N–H and O–H groups in total. The van der Waals surface area contributed by atoms with Gasteiger partial charge in [-0.2, -0.15) is 13.2 Å². The number of rotatable bonds is 6. The van der Waals surface area contributed by atoms with Gasteiger partial charge in [0, 0.05) is 18.2 Å². The number of benzene rings is 2. The molecule has 0 unspecified atom stereocenters. The molecule has 0 saturated heterocycles. The van der Waals surface area contributed by atoms with Crippen LogP contribution in [0, 0.1) is 0 Å². The van der Waals surface area contributed by atoms with E-state index >= 15 is 0 Å². The van der Waals surface area contributed by atoms with Gasteiger partial charge >= 0.3 is 6.18 Å². The lowest BCUT2D eigenvalue weighted by Gasteiger charge is -2.17. The van der Waals surface area contributed by atoms with Gasteiger partial charge in [-0.1, -0.05) is 43.9 Å². The van der Waals surface area contributed by atoms with Crippen LogP contribution in [0.1, 0.15) is 5.56 Å². The van der Waals surface area contributed by atoms with E-state index in [1.165, 1.54) is 6.07 Å². The van der Waals surface area contributed by atoms with Gasteiger partial charge < -0.3 is 9.47 Å². The number of halogens is 3. The largest absolute Gasteiger partial charge is 0.497 e. The zero-order chi connectivity index (χ0) is 24.7. The van der Waals surface area contributed by atoms with Gasteiger partial charge in [-0.05, 0) is 24.3 Å². The summed E-state index contributed by atoms with van der Waals surface area (Å²) < 4.78 is 53.0. The molecule has 34 heavy (non-hydrogen) atoms. The summed E-state index contributed by atoms with van der Waals surface area (Å²) in [7, 11) is 1.10. The van der Waals surface area contributed by atoms with Crippen molar-refractivity contribution in [1.82, 2.24) is 19.5 Å². The van der Waals surface area contributed by atoms with Gasteiger partial charge in [-0.3, -0.25) is 4.57 Å². The molecular formula is C24H25F3N4O2Si. The normalized spacial score (nSPS) is 12.4. The molecule has 4 aromatic rings. The topological polar surface area (TPSA) is 62.1 Å². The number of aromatic nitrogens is 4. The van der Waals surface area contributed by atoms with Crippen molar-refractivity contribution >= 4 is 24.7 Å². The number of hydrogen-bond acceptors (Lipinski definition) is 5. The Balaban J connectivity index is 2.06. The second-order valence-electron chi connectivity index (χ2n) is 8.91. The van der Waals surface area contributed by atoms with Crippen LogP contribution in [0.4, 0.5) is 13.2 Å². The number of ether oxygens (including phenoxy) is 2. The third kappa shape index (κ3) is 4.55. The minimum atomic E-state index is -4.47. The molecule has 4 rings (SSSR count). The van der Waals surface area contributed by atoms with Gasteiger partial charge in [0.2, 0.25) is 0 Å². The molecular weight excluding hydrogens is 461 g/mol. The maximum atomic E-state index is 13.5. The first-order chi connectivity index (χ1) is 16.0. The van der Waals surface area contributed by atoms with E-state index in [4.69, 9.17) is 24.4 Å². The molecule has 10 heteroatoms. The van der Waals surface area contributed by atoms with Crippen molar-refractivity contribution < 1.29 is 22.6 Å².